The van der Waals surface area contributed by atoms with Crippen molar-refractivity contribution in [2.24, 2.45) is 0 Å². The van der Waals surface area contributed by atoms with Crippen molar-refractivity contribution in [2.75, 3.05) is 12.4 Å². The largest absolute Gasteiger partial charge is 0.497 e. The number of nitrogens with zero attached hydrogens (tertiary/aromatic N) is 2. The number of hydrogen-bond donors (Lipinski definition) is 1. The molecule has 4 rings (SSSR count). The van der Waals surface area contributed by atoms with Crippen molar-refractivity contribution in [2.45, 2.75) is 13.1 Å². The van der Waals surface area contributed by atoms with E-state index in [1.54, 1.807) is 44.5 Å². The summed E-state index contributed by atoms with van der Waals surface area (Å²) in [6.07, 6.45) is -2.98. The van der Waals surface area contributed by atoms with E-state index in [1.807, 2.05) is 24.3 Å². The molecule has 0 fully saturated rings. The second-order valence-electron chi connectivity index (χ2n) is 7.57. The quantitative estimate of drug-likeness (QED) is 0.341. The number of aryl methyl sites for hydroxylation is 1. The van der Waals surface area contributed by atoms with E-state index in [2.05, 4.69) is 15.3 Å². The summed E-state index contributed by atoms with van der Waals surface area (Å²) >= 11 is 0. The van der Waals surface area contributed by atoms with Gasteiger partial charge in [0.25, 0.3) is 5.91 Å². The monoisotopic (exact) mass is 479 g/mol. The maximum absolute atomic E-state index is 13.0. The Morgan fingerprint density at radius 1 is 0.971 bits per heavy atom. The van der Waals surface area contributed by atoms with Crippen LogP contribution < -0.4 is 14.8 Å². The van der Waals surface area contributed by atoms with E-state index in [0.717, 1.165) is 23.3 Å². The first kappa shape index (κ1) is 23.7. The molecule has 0 bridgehead atoms. The van der Waals surface area contributed by atoms with Crippen LogP contribution in [0.3, 0.4) is 0 Å². The molecule has 1 amide bonds. The number of rotatable bonds is 6. The zero-order chi connectivity index (χ0) is 25.0. The summed E-state index contributed by atoms with van der Waals surface area (Å²) in [6.45, 7) is 1.81. The molecule has 0 aliphatic rings. The van der Waals surface area contributed by atoms with Crippen molar-refractivity contribution in [1.29, 1.82) is 0 Å². The maximum atomic E-state index is 13.0. The van der Waals surface area contributed by atoms with E-state index in [0.29, 0.717) is 22.9 Å². The molecule has 0 unspecified atom stereocenters. The average molecular weight is 479 g/mol. The van der Waals surface area contributed by atoms with Crippen molar-refractivity contribution in [3.63, 3.8) is 0 Å². The lowest BCUT2D eigenvalue weighted by Gasteiger charge is -2.12. The molecule has 3 aromatic carbocycles. The number of carbonyl (C=O) groups excluding carboxylic acids is 1. The first-order valence-corrected chi connectivity index (χ1v) is 10.5. The van der Waals surface area contributed by atoms with E-state index in [9.17, 15) is 18.0 Å². The Hall–Kier alpha value is -4.40. The van der Waals surface area contributed by atoms with Crippen molar-refractivity contribution >= 4 is 11.6 Å². The van der Waals surface area contributed by atoms with Crippen molar-refractivity contribution in [3.05, 3.63) is 95.7 Å². The summed E-state index contributed by atoms with van der Waals surface area (Å²) in [5, 5.41) is 2.60. The van der Waals surface area contributed by atoms with Crippen LogP contribution in [0.4, 0.5) is 18.9 Å². The van der Waals surface area contributed by atoms with Gasteiger partial charge in [-0.3, -0.25) is 4.79 Å². The number of hydrogen-bond acceptors (Lipinski definition) is 5. The van der Waals surface area contributed by atoms with Gasteiger partial charge in [-0.2, -0.15) is 18.2 Å². The number of methoxy groups -OCH3 is 1. The molecule has 0 aliphatic heterocycles. The van der Waals surface area contributed by atoms with Crippen molar-refractivity contribution in [3.8, 4) is 28.8 Å². The summed E-state index contributed by atoms with van der Waals surface area (Å²) in [4.78, 5) is 21.1. The van der Waals surface area contributed by atoms with Gasteiger partial charge in [0.15, 0.2) is 0 Å². The molecule has 178 valence electrons. The number of amides is 1. The van der Waals surface area contributed by atoms with E-state index in [-0.39, 0.29) is 11.6 Å². The van der Waals surface area contributed by atoms with E-state index in [1.165, 1.54) is 12.1 Å². The predicted octanol–water partition coefficient (Wildman–Crippen LogP) is 6.52. The lowest BCUT2D eigenvalue weighted by Crippen LogP contribution is -2.14. The van der Waals surface area contributed by atoms with Gasteiger partial charge >= 0.3 is 12.2 Å². The molecule has 0 saturated heterocycles. The van der Waals surface area contributed by atoms with Gasteiger partial charge in [0, 0.05) is 29.1 Å². The van der Waals surface area contributed by atoms with Crippen molar-refractivity contribution < 1.29 is 27.4 Å². The zero-order valence-electron chi connectivity index (χ0n) is 18.8. The number of nitrogens with one attached hydrogen (secondary N) is 1. The number of benzene rings is 3. The summed E-state index contributed by atoms with van der Waals surface area (Å²) in [6, 6.07) is 18.3. The fourth-order valence-electron chi connectivity index (χ4n) is 3.26. The van der Waals surface area contributed by atoms with Gasteiger partial charge in [0.1, 0.15) is 11.5 Å². The molecule has 0 aliphatic carbocycles. The normalized spacial score (nSPS) is 11.1. The third-order valence-electron chi connectivity index (χ3n) is 5.10. The molecule has 1 aromatic heterocycles. The SMILES string of the molecule is COc1cccc(-c2ccnc(Oc3cc(NC(=O)c4cccc(C(F)(F)F)c4)ccc3C)n2)c1. The molecular weight excluding hydrogens is 459 g/mol. The van der Waals surface area contributed by atoms with Crippen LogP contribution in [0.25, 0.3) is 11.3 Å². The van der Waals surface area contributed by atoms with Crippen LogP contribution >= 0.6 is 0 Å². The van der Waals surface area contributed by atoms with Gasteiger partial charge in [-0.25, -0.2) is 4.98 Å². The Labute approximate surface area is 199 Å². The molecule has 4 aromatic rings. The highest BCUT2D eigenvalue weighted by atomic mass is 19.4. The second-order valence-corrected chi connectivity index (χ2v) is 7.57. The Balaban J connectivity index is 1.54. The van der Waals surface area contributed by atoms with Gasteiger partial charge in [-0.05, 0) is 55.0 Å². The molecule has 0 spiro atoms. The standard InChI is InChI=1S/C26H20F3N3O3/c1-16-9-10-20(31-24(33)18-6-3-7-19(13-18)26(27,28)29)15-23(16)35-25-30-12-11-22(32-25)17-5-4-8-21(14-17)34-2/h3-15H,1-2H3,(H,31,33). The third kappa shape index (κ3) is 5.75. The minimum atomic E-state index is -4.54. The summed E-state index contributed by atoms with van der Waals surface area (Å²) in [7, 11) is 1.58. The van der Waals surface area contributed by atoms with Crippen LogP contribution in [0.15, 0.2) is 79.0 Å². The summed E-state index contributed by atoms with van der Waals surface area (Å²) in [5.74, 6) is 0.389. The third-order valence-corrected chi connectivity index (χ3v) is 5.10. The first-order valence-electron chi connectivity index (χ1n) is 10.5. The van der Waals surface area contributed by atoms with Crippen molar-refractivity contribution in [1.82, 2.24) is 9.97 Å². The molecule has 1 heterocycles. The minimum absolute atomic E-state index is 0.0924. The fourth-order valence-corrected chi connectivity index (χ4v) is 3.26. The topological polar surface area (TPSA) is 73.3 Å². The average Bonchev–Trinajstić information content (AvgIpc) is 2.86. The van der Waals surface area contributed by atoms with E-state index < -0.39 is 17.6 Å². The Morgan fingerprint density at radius 3 is 2.54 bits per heavy atom. The Bertz CT molecular complexity index is 1370. The van der Waals surface area contributed by atoms with Crippen LogP contribution in [-0.4, -0.2) is 23.0 Å². The predicted molar refractivity (Wildman–Crippen MR) is 125 cm³/mol. The number of alkyl halides is 3. The lowest BCUT2D eigenvalue weighted by molar-refractivity contribution is -0.137. The molecule has 0 radical (unpaired) electrons. The van der Waals surface area contributed by atoms with Crippen LogP contribution in [0.5, 0.6) is 17.5 Å². The van der Waals surface area contributed by atoms with Crippen LogP contribution in [-0.2, 0) is 6.18 Å². The zero-order valence-corrected chi connectivity index (χ0v) is 18.8. The van der Waals surface area contributed by atoms with Crippen LogP contribution in [0, 0.1) is 6.92 Å². The van der Waals surface area contributed by atoms with Gasteiger partial charge in [-0.1, -0.05) is 24.3 Å². The fraction of sp³-hybridized carbons (Fsp3) is 0.115. The smallest absolute Gasteiger partial charge is 0.416 e. The van der Waals surface area contributed by atoms with E-state index in [4.69, 9.17) is 9.47 Å². The number of carbonyl (C=O) groups is 1. The molecule has 6 nitrogen and oxygen atoms in total. The number of anilines is 1. The minimum Gasteiger partial charge on any atom is -0.497 e. The maximum Gasteiger partial charge on any atom is 0.416 e. The highest BCUT2D eigenvalue weighted by Gasteiger charge is 2.30. The Kier molecular flexibility index (Phi) is 6.68. The van der Waals surface area contributed by atoms with Gasteiger partial charge in [0.2, 0.25) is 0 Å². The summed E-state index contributed by atoms with van der Waals surface area (Å²) < 4.78 is 50.0. The molecule has 35 heavy (non-hydrogen) atoms. The second kappa shape index (κ2) is 9.84. The summed E-state index contributed by atoms with van der Waals surface area (Å²) in [5.41, 5.74) is 1.52. The molecular formula is C26H20F3N3O3. The number of aromatic nitrogens is 2. The molecule has 0 atom stereocenters. The van der Waals surface area contributed by atoms with Gasteiger partial charge < -0.3 is 14.8 Å². The van der Waals surface area contributed by atoms with Crippen LogP contribution in [0.1, 0.15) is 21.5 Å². The van der Waals surface area contributed by atoms with Crippen LogP contribution in [0.2, 0.25) is 0 Å². The lowest BCUT2D eigenvalue weighted by atomic mass is 10.1. The first-order chi connectivity index (χ1) is 16.7. The number of halogens is 3. The Morgan fingerprint density at radius 2 is 1.77 bits per heavy atom. The highest BCUT2D eigenvalue weighted by Crippen LogP contribution is 2.31. The van der Waals surface area contributed by atoms with Gasteiger partial charge in [0.05, 0.1) is 18.4 Å². The molecule has 1 N–H and O–H groups in total. The van der Waals surface area contributed by atoms with Gasteiger partial charge in [-0.15, -0.1) is 0 Å². The molecule has 9 heteroatoms. The number of ether oxygens (including phenoxy) is 2. The van der Waals surface area contributed by atoms with E-state index >= 15 is 0 Å². The molecule has 0 saturated carbocycles. The highest BCUT2D eigenvalue weighted by molar-refractivity contribution is 6.04.